The zero-order valence-electron chi connectivity index (χ0n) is 6.76. The minimum Gasteiger partial charge on any atom is -0.377 e. The monoisotopic (exact) mass is 147 g/mol. The maximum Gasteiger partial charge on any atom is 0.134 e. The van der Waals surface area contributed by atoms with Gasteiger partial charge in [-0.1, -0.05) is 13.3 Å². The summed E-state index contributed by atoms with van der Waals surface area (Å²) in [6.45, 7) is 4.51. The Hall–Kier alpha value is -0.120. The summed E-state index contributed by atoms with van der Waals surface area (Å²) in [4.78, 5) is 0. The van der Waals surface area contributed by atoms with E-state index in [9.17, 15) is 0 Å². The molecule has 0 saturated carbocycles. The Kier molecular flexibility index (Phi) is 4.60. The molecule has 1 atom stereocenters. The van der Waals surface area contributed by atoms with Crippen LogP contribution >= 0.6 is 0 Å². The third kappa shape index (κ3) is 7.88. The molecule has 1 unspecified atom stereocenters. The van der Waals surface area contributed by atoms with Crippen LogP contribution in [0.1, 0.15) is 26.7 Å². The molecule has 0 spiro atoms. The lowest BCUT2D eigenvalue weighted by atomic mass is 10.3. The van der Waals surface area contributed by atoms with Gasteiger partial charge in [-0.25, -0.2) is 0 Å². The van der Waals surface area contributed by atoms with Gasteiger partial charge in [0.15, 0.2) is 0 Å². The van der Waals surface area contributed by atoms with Crippen LogP contribution < -0.4 is 5.73 Å². The molecule has 0 heterocycles. The fourth-order valence-corrected chi connectivity index (χ4v) is 0.525. The fourth-order valence-electron chi connectivity index (χ4n) is 0.525. The molecule has 3 heteroatoms. The minimum atomic E-state index is -1.17. The highest BCUT2D eigenvalue weighted by atomic mass is 16.5. The summed E-state index contributed by atoms with van der Waals surface area (Å²) in [6, 6.07) is 0. The van der Waals surface area contributed by atoms with E-state index >= 15 is 0 Å². The highest BCUT2D eigenvalue weighted by Gasteiger charge is 2.11. The molecule has 0 radical (unpaired) electrons. The molecule has 0 bridgehead atoms. The van der Waals surface area contributed by atoms with E-state index in [1.807, 2.05) is 0 Å². The summed E-state index contributed by atoms with van der Waals surface area (Å²) in [5.41, 5.74) is 4.08. The highest BCUT2D eigenvalue weighted by molar-refractivity contribution is 4.59. The Morgan fingerprint density at radius 3 is 2.60 bits per heavy atom. The molecule has 0 aliphatic heterocycles. The van der Waals surface area contributed by atoms with Crippen LogP contribution in [0.15, 0.2) is 0 Å². The average Bonchev–Trinajstić information content (AvgIpc) is 1.78. The molecule has 62 valence electrons. The van der Waals surface area contributed by atoms with Crippen molar-refractivity contribution in [2.75, 3.05) is 13.2 Å². The number of aliphatic hydroxyl groups is 1. The van der Waals surface area contributed by atoms with Gasteiger partial charge in [0.05, 0.1) is 6.61 Å². The van der Waals surface area contributed by atoms with Crippen LogP contribution in [0.4, 0.5) is 0 Å². The summed E-state index contributed by atoms with van der Waals surface area (Å²) in [5.74, 6) is 0. The van der Waals surface area contributed by atoms with Crippen molar-refractivity contribution in [3.05, 3.63) is 0 Å². The van der Waals surface area contributed by atoms with E-state index in [4.69, 9.17) is 15.6 Å². The van der Waals surface area contributed by atoms with Crippen LogP contribution in [0.3, 0.4) is 0 Å². The van der Waals surface area contributed by atoms with Gasteiger partial charge in [0, 0.05) is 6.61 Å². The standard InChI is InChI=1S/C7H17NO2/c1-3-4-5-10-6-7(2,8)9/h9H,3-6,8H2,1-2H3. The zero-order chi connectivity index (χ0) is 8.04. The van der Waals surface area contributed by atoms with Crippen molar-refractivity contribution < 1.29 is 9.84 Å². The number of ether oxygens (including phenoxy) is 1. The number of unbranched alkanes of at least 4 members (excludes halogenated alkanes) is 1. The molecule has 0 aromatic carbocycles. The van der Waals surface area contributed by atoms with Crippen LogP contribution in [-0.2, 0) is 4.74 Å². The summed E-state index contributed by atoms with van der Waals surface area (Å²) in [5, 5.41) is 8.97. The van der Waals surface area contributed by atoms with Crippen molar-refractivity contribution in [2.24, 2.45) is 5.73 Å². The van der Waals surface area contributed by atoms with Gasteiger partial charge in [-0.15, -0.1) is 0 Å². The highest BCUT2D eigenvalue weighted by Crippen LogP contribution is 1.94. The van der Waals surface area contributed by atoms with E-state index in [0.29, 0.717) is 6.61 Å². The number of rotatable bonds is 5. The second-order valence-corrected chi connectivity index (χ2v) is 2.76. The van der Waals surface area contributed by atoms with E-state index in [-0.39, 0.29) is 6.61 Å². The molecule has 0 saturated heterocycles. The maximum atomic E-state index is 8.97. The SMILES string of the molecule is CCCCOCC(C)(N)O. The average molecular weight is 147 g/mol. The first-order valence-corrected chi connectivity index (χ1v) is 3.65. The number of nitrogens with two attached hydrogens (primary N) is 1. The lowest BCUT2D eigenvalue weighted by molar-refractivity contribution is -0.0297. The van der Waals surface area contributed by atoms with Crippen molar-refractivity contribution in [3.8, 4) is 0 Å². The van der Waals surface area contributed by atoms with Crippen LogP contribution in [0.25, 0.3) is 0 Å². The fraction of sp³-hybridized carbons (Fsp3) is 1.00. The summed E-state index contributed by atoms with van der Waals surface area (Å²) in [7, 11) is 0. The molecule has 10 heavy (non-hydrogen) atoms. The summed E-state index contributed by atoms with van der Waals surface area (Å²) in [6.07, 6.45) is 2.13. The first kappa shape index (κ1) is 9.88. The van der Waals surface area contributed by atoms with Crippen LogP contribution in [-0.4, -0.2) is 24.0 Å². The quantitative estimate of drug-likeness (QED) is 0.439. The topological polar surface area (TPSA) is 55.5 Å². The van der Waals surface area contributed by atoms with E-state index in [1.54, 1.807) is 0 Å². The lowest BCUT2D eigenvalue weighted by Crippen LogP contribution is -2.40. The molecule has 3 nitrogen and oxygen atoms in total. The Balaban J connectivity index is 3.04. The van der Waals surface area contributed by atoms with Crippen LogP contribution in [0, 0.1) is 0 Å². The van der Waals surface area contributed by atoms with Crippen molar-refractivity contribution in [2.45, 2.75) is 32.4 Å². The lowest BCUT2D eigenvalue weighted by Gasteiger charge is -2.16. The van der Waals surface area contributed by atoms with Gasteiger partial charge in [-0.2, -0.15) is 0 Å². The number of hydrogen-bond acceptors (Lipinski definition) is 3. The van der Waals surface area contributed by atoms with Crippen molar-refractivity contribution in [1.82, 2.24) is 0 Å². The minimum absolute atomic E-state index is 0.215. The molecule has 0 fully saturated rings. The predicted octanol–water partition coefficient (Wildman–Crippen LogP) is 0.470. The number of hydrogen-bond donors (Lipinski definition) is 2. The van der Waals surface area contributed by atoms with E-state index in [2.05, 4.69) is 6.92 Å². The normalized spacial score (nSPS) is 16.8. The van der Waals surface area contributed by atoms with Gasteiger partial charge >= 0.3 is 0 Å². The van der Waals surface area contributed by atoms with Crippen molar-refractivity contribution in [1.29, 1.82) is 0 Å². The van der Waals surface area contributed by atoms with Crippen LogP contribution in [0.5, 0.6) is 0 Å². The maximum absolute atomic E-state index is 8.97. The van der Waals surface area contributed by atoms with E-state index in [0.717, 1.165) is 12.8 Å². The van der Waals surface area contributed by atoms with Gasteiger partial charge in [-0.05, 0) is 13.3 Å². The molecular formula is C7H17NO2. The first-order valence-electron chi connectivity index (χ1n) is 3.65. The molecule has 3 N–H and O–H groups in total. The predicted molar refractivity (Wildman–Crippen MR) is 40.5 cm³/mol. The van der Waals surface area contributed by atoms with Gasteiger partial charge in [0.2, 0.25) is 0 Å². The molecule has 0 aliphatic rings. The third-order valence-corrected chi connectivity index (χ3v) is 1.04. The second kappa shape index (κ2) is 4.66. The summed E-state index contributed by atoms with van der Waals surface area (Å²) < 4.78 is 5.06. The molecule has 0 aromatic heterocycles. The Bertz CT molecular complexity index is 78.2. The van der Waals surface area contributed by atoms with Crippen molar-refractivity contribution in [3.63, 3.8) is 0 Å². The molecule has 0 rings (SSSR count). The Morgan fingerprint density at radius 2 is 2.20 bits per heavy atom. The van der Waals surface area contributed by atoms with Crippen molar-refractivity contribution >= 4 is 0 Å². The zero-order valence-corrected chi connectivity index (χ0v) is 6.76. The summed E-state index contributed by atoms with van der Waals surface area (Å²) >= 11 is 0. The Labute approximate surface area is 62.2 Å². The van der Waals surface area contributed by atoms with E-state index in [1.165, 1.54) is 6.92 Å². The molecular weight excluding hydrogens is 130 g/mol. The molecule has 0 aliphatic carbocycles. The smallest absolute Gasteiger partial charge is 0.134 e. The largest absolute Gasteiger partial charge is 0.377 e. The molecule has 0 amide bonds. The molecule has 0 aromatic rings. The second-order valence-electron chi connectivity index (χ2n) is 2.76. The third-order valence-electron chi connectivity index (χ3n) is 1.04. The van der Waals surface area contributed by atoms with Gasteiger partial charge in [0.25, 0.3) is 0 Å². The van der Waals surface area contributed by atoms with Gasteiger partial charge < -0.3 is 15.6 Å². The first-order chi connectivity index (χ1) is 4.56. The van der Waals surface area contributed by atoms with Gasteiger partial charge in [-0.3, -0.25) is 0 Å². The van der Waals surface area contributed by atoms with E-state index < -0.39 is 5.72 Å². The van der Waals surface area contributed by atoms with Gasteiger partial charge in [0.1, 0.15) is 5.72 Å². The van der Waals surface area contributed by atoms with Crippen LogP contribution in [0.2, 0.25) is 0 Å². The Morgan fingerprint density at radius 1 is 1.60 bits per heavy atom.